The molecule has 2 rings (SSSR count). The van der Waals surface area contributed by atoms with Crippen LogP contribution < -0.4 is 10.9 Å². The van der Waals surface area contributed by atoms with Gasteiger partial charge >= 0.3 is 0 Å². The molecule has 1 aliphatic heterocycles. The minimum atomic E-state index is -0.338. The molecule has 112 valence electrons. The molecule has 21 heavy (non-hydrogen) atoms. The number of hydrogen-bond donors (Lipinski definition) is 1. The predicted molar refractivity (Wildman–Crippen MR) is 78.0 cm³/mol. The number of carbonyl (C=O) groups is 3. The van der Waals surface area contributed by atoms with E-state index >= 15 is 0 Å². The number of hydrogen-bond acceptors (Lipinski definition) is 5. The number of nitrogens with one attached hydrogen (secondary N) is 1. The number of carbonyl (C=O) groups excluding carboxylic acids is 3. The van der Waals surface area contributed by atoms with Crippen LogP contribution in [0, 0.1) is 6.92 Å². The van der Waals surface area contributed by atoms with Gasteiger partial charge in [-0.1, -0.05) is 17.8 Å². The summed E-state index contributed by atoms with van der Waals surface area (Å²) < 4.78 is 1.31. The highest BCUT2D eigenvalue weighted by molar-refractivity contribution is 8.14. The van der Waals surface area contributed by atoms with Gasteiger partial charge < -0.3 is 9.88 Å². The van der Waals surface area contributed by atoms with Gasteiger partial charge in [-0.3, -0.25) is 24.1 Å². The molecule has 0 atom stereocenters. The average molecular weight is 309 g/mol. The van der Waals surface area contributed by atoms with Crippen LogP contribution in [0.5, 0.6) is 0 Å². The second-order valence-electron chi connectivity index (χ2n) is 4.57. The van der Waals surface area contributed by atoms with Gasteiger partial charge in [0.1, 0.15) is 6.54 Å². The molecular weight excluding hydrogens is 294 g/mol. The van der Waals surface area contributed by atoms with Crippen molar-refractivity contribution in [1.82, 2.24) is 14.8 Å². The maximum absolute atomic E-state index is 11.8. The first-order valence-corrected chi connectivity index (χ1v) is 7.37. The molecule has 0 aromatic carbocycles. The zero-order chi connectivity index (χ0) is 15.4. The summed E-state index contributed by atoms with van der Waals surface area (Å²) in [6.07, 6.45) is 1.54. The van der Waals surface area contributed by atoms with E-state index in [2.05, 4.69) is 5.32 Å². The largest absolute Gasteiger partial charge is 0.353 e. The van der Waals surface area contributed by atoms with Crippen molar-refractivity contribution in [3.05, 3.63) is 34.2 Å². The van der Waals surface area contributed by atoms with Crippen LogP contribution in [0.3, 0.4) is 0 Å². The SMILES string of the molecule is Cc1cccn(CC(=O)NCCN2C(=O)CSC2=O)c1=O. The first-order valence-electron chi connectivity index (χ1n) is 6.39. The summed E-state index contributed by atoms with van der Waals surface area (Å²) in [7, 11) is 0. The molecule has 0 saturated carbocycles. The third-order valence-corrected chi connectivity index (χ3v) is 3.88. The van der Waals surface area contributed by atoms with Gasteiger partial charge in [0.2, 0.25) is 11.8 Å². The molecule has 0 bridgehead atoms. The van der Waals surface area contributed by atoms with Crippen LogP contribution in [0.1, 0.15) is 5.56 Å². The van der Waals surface area contributed by atoms with Gasteiger partial charge in [-0.05, 0) is 13.0 Å². The zero-order valence-electron chi connectivity index (χ0n) is 11.5. The maximum atomic E-state index is 11.8. The van der Waals surface area contributed by atoms with Crippen LogP contribution in [0.2, 0.25) is 0 Å². The molecule has 1 fully saturated rings. The van der Waals surface area contributed by atoms with Gasteiger partial charge in [0.05, 0.1) is 5.75 Å². The van der Waals surface area contributed by atoms with E-state index in [0.29, 0.717) is 5.56 Å². The van der Waals surface area contributed by atoms with E-state index in [-0.39, 0.29) is 48.0 Å². The highest BCUT2D eigenvalue weighted by Crippen LogP contribution is 2.17. The lowest BCUT2D eigenvalue weighted by Crippen LogP contribution is -2.39. The van der Waals surface area contributed by atoms with Gasteiger partial charge in [0.25, 0.3) is 10.8 Å². The van der Waals surface area contributed by atoms with Crippen molar-refractivity contribution in [3.63, 3.8) is 0 Å². The Labute approximate surface area is 125 Å². The number of pyridine rings is 1. The number of amides is 3. The minimum Gasteiger partial charge on any atom is -0.353 e. The molecule has 3 amide bonds. The van der Waals surface area contributed by atoms with Crippen LogP contribution >= 0.6 is 11.8 Å². The van der Waals surface area contributed by atoms with Gasteiger partial charge in [-0.25, -0.2) is 0 Å². The van der Waals surface area contributed by atoms with E-state index in [4.69, 9.17) is 0 Å². The monoisotopic (exact) mass is 309 g/mol. The summed E-state index contributed by atoms with van der Waals surface area (Å²) in [6.45, 7) is 1.92. The van der Waals surface area contributed by atoms with Crippen molar-refractivity contribution in [1.29, 1.82) is 0 Å². The minimum absolute atomic E-state index is 0.0862. The van der Waals surface area contributed by atoms with Crippen molar-refractivity contribution in [2.45, 2.75) is 13.5 Å². The smallest absolute Gasteiger partial charge is 0.288 e. The van der Waals surface area contributed by atoms with E-state index in [9.17, 15) is 19.2 Å². The number of rotatable bonds is 5. The molecule has 1 saturated heterocycles. The molecule has 0 aliphatic carbocycles. The number of imide groups is 1. The van der Waals surface area contributed by atoms with E-state index in [1.165, 1.54) is 4.57 Å². The Balaban J connectivity index is 1.83. The lowest BCUT2D eigenvalue weighted by molar-refractivity contribution is -0.125. The molecule has 0 unspecified atom stereocenters. The molecule has 7 nitrogen and oxygen atoms in total. The Hall–Kier alpha value is -2.09. The Morgan fingerprint density at radius 1 is 1.38 bits per heavy atom. The normalized spacial score (nSPS) is 14.6. The van der Waals surface area contributed by atoms with Crippen LogP contribution in [0.15, 0.2) is 23.1 Å². The van der Waals surface area contributed by atoms with Gasteiger partial charge in [0.15, 0.2) is 0 Å². The Bertz CT molecular complexity index is 625. The Morgan fingerprint density at radius 2 is 2.14 bits per heavy atom. The molecule has 0 radical (unpaired) electrons. The van der Waals surface area contributed by atoms with Gasteiger partial charge in [0, 0.05) is 24.8 Å². The third-order valence-electron chi connectivity index (χ3n) is 3.02. The number of aryl methyl sites for hydroxylation is 1. The summed E-state index contributed by atoms with van der Waals surface area (Å²) in [5, 5.41) is 2.30. The van der Waals surface area contributed by atoms with Crippen molar-refractivity contribution < 1.29 is 14.4 Å². The van der Waals surface area contributed by atoms with Crippen LogP contribution in [-0.4, -0.2) is 45.4 Å². The van der Waals surface area contributed by atoms with Gasteiger partial charge in [-0.2, -0.15) is 0 Å². The standard InChI is InChI=1S/C13H15N3O4S/c1-9-3-2-5-15(12(9)19)7-10(17)14-4-6-16-11(18)8-21-13(16)20/h2-3,5H,4,6-8H2,1H3,(H,14,17). The summed E-state index contributed by atoms with van der Waals surface area (Å²) in [5.41, 5.74) is 0.351. The molecule has 0 spiro atoms. The fourth-order valence-corrected chi connectivity index (χ4v) is 2.65. The molecular formula is C13H15N3O4S. The van der Waals surface area contributed by atoms with Crippen molar-refractivity contribution in [3.8, 4) is 0 Å². The molecule has 2 heterocycles. The lowest BCUT2D eigenvalue weighted by Gasteiger charge is -2.13. The quantitative estimate of drug-likeness (QED) is 0.825. The summed E-state index contributed by atoms with van der Waals surface area (Å²) >= 11 is 0.958. The average Bonchev–Trinajstić information content (AvgIpc) is 2.75. The number of aromatic nitrogens is 1. The predicted octanol–water partition coefficient (Wildman–Crippen LogP) is -0.0317. The summed E-state index contributed by atoms with van der Waals surface area (Å²) in [5.74, 6) is -0.422. The van der Waals surface area contributed by atoms with Crippen LogP contribution in [0.4, 0.5) is 4.79 Å². The fourth-order valence-electron chi connectivity index (χ4n) is 1.90. The molecule has 1 aromatic rings. The highest BCUT2D eigenvalue weighted by atomic mass is 32.2. The van der Waals surface area contributed by atoms with Gasteiger partial charge in [-0.15, -0.1) is 0 Å². The van der Waals surface area contributed by atoms with E-state index in [1.807, 2.05) is 0 Å². The lowest BCUT2D eigenvalue weighted by atomic mass is 10.3. The Morgan fingerprint density at radius 3 is 2.81 bits per heavy atom. The first-order chi connectivity index (χ1) is 9.99. The molecule has 1 N–H and O–H groups in total. The fraction of sp³-hybridized carbons (Fsp3) is 0.385. The van der Waals surface area contributed by atoms with Crippen molar-refractivity contribution in [2.24, 2.45) is 0 Å². The Kier molecular flexibility index (Phi) is 4.79. The summed E-state index contributed by atoms with van der Waals surface area (Å²) in [6, 6.07) is 3.38. The van der Waals surface area contributed by atoms with E-state index < -0.39 is 0 Å². The maximum Gasteiger partial charge on any atom is 0.288 e. The second kappa shape index (κ2) is 6.57. The van der Waals surface area contributed by atoms with Crippen molar-refractivity contribution in [2.75, 3.05) is 18.8 Å². The van der Waals surface area contributed by atoms with Crippen LogP contribution in [-0.2, 0) is 16.1 Å². The molecule has 1 aliphatic rings. The van der Waals surface area contributed by atoms with Crippen LogP contribution in [0.25, 0.3) is 0 Å². The molecule has 8 heteroatoms. The van der Waals surface area contributed by atoms with E-state index in [1.54, 1.807) is 25.3 Å². The number of nitrogens with zero attached hydrogens (tertiary/aromatic N) is 2. The highest BCUT2D eigenvalue weighted by Gasteiger charge is 2.29. The molecule has 1 aromatic heterocycles. The topological polar surface area (TPSA) is 88.5 Å². The summed E-state index contributed by atoms with van der Waals surface area (Å²) in [4.78, 5) is 47.3. The zero-order valence-corrected chi connectivity index (χ0v) is 12.3. The number of thioether (sulfide) groups is 1. The third kappa shape index (κ3) is 3.72. The second-order valence-corrected chi connectivity index (χ2v) is 5.50. The van der Waals surface area contributed by atoms with E-state index in [0.717, 1.165) is 16.7 Å². The first kappa shape index (κ1) is 15.3. The van der Waals surface area contributed by atoms with Crippen molar-refractivity contribution >= 4 is 28.8 Å².